The van der Waals surface area contributed by atoms with Crippen LogP contribution in [0.3, 0.4) is 0 Å². The Hall–Kier alpha value is -2.08. The Morgan fingerprint density at radius 1 is 1.04 bits per heavy atom. The second-order valence-electron chi connectivity index (χ2n) is 7.68. The van der Waals surface area contributed by atoms with Crippen LogP contribution in [0.15, 0.2) is 24.3 Å². The molecule has 25 heavy (non-hydrogen) atoms. The summed E-state index contributed by atoms with van der Waals surface area (Å²) < 4.78 is 0. The molecule has 138 valence electrons. The summed E-state index contributed by atoms with van der Waals surface area (Å²) in [6.07, 6.45) is 0.420. The monoisotopic (exact) mass is 347 g/mol. The Bertz CT molecular complexity index is 597. The number of amides is 1. The number of anilines is 1. The van der Waals surface area contributed by atoms with Gasteiger partial charge in [0.05, 0.1) is 24.9 Å². The molecule has 1 aliphatic heterocycles. The van der Waals surface area contributed by atoms with Gasteiger partial charge in [0, 0.05) is 32.9 Å². The minimum absolute atomic E-state index is 0.0991. The molecule has 6 nitrogen and oxygen atoms in total. The summed E-state index contributed by atoms with van der Waals surface area (Å²) in [6.45, 7) is 8.53. The highest BCUT2D eigenvalue weighted by Crippen LogP contribution is 2.20. The average molecular weight is 347 g/mol. The maximum atomic E-state index is 11.9. The minimum Gasteiger partial charge on any atom is -0.369 e. The van der Waals surface area contributed by atoms with Gasteiger partial charge in [0.1, 0.15) is 0 Å². The average Bonchev–Trinajstić information content (AvgIpc) is 2.55. The number of benzene rings is 1. The summed E-state index contributed by atoms with van der Waals surface area (Å²) in [4.78, 5) is 33.0. The molecule has 1 amide bonds. The minimum atomic E-state index is -0.489. The van der Waals surface area contributed by atoms with Gasteiger partial charge in [-0.1, -0.05) is 12.1 Å². The molecule has 1 aliphatic rings. The van der Waals surface area contributed by atoms with Gasteiger partial charge in [-0.2, -0.15) is 0 Å². The van der Waals surface area contributed by atoms with Gasteiger partial charge in [-0.15, -0.1) is 5.06 Å². The van der Waals surface area contributed by atoms with E-state index in [0.29, 0.717) is 19.5 Å². The fraction of sp³-hybridized carbons (Fsp3) is 0.579. The molecule has 1 saturated heterocycles. The maximum Gasteiger partial charge on any atom is 0.330 e. The van der Waals surface area contributed by atoms with Crippen molar-refractivity contribution in [1.29, 1.82) is 0 Å². The van der Waals surface area contributed by atoms with Crippen LogP contribution in [0.2, 0.25) is 0 Å². The van der Waals surface area contributed by atoms with E-state index in [9.17, 15) is 9.59 Å². The lowest BCUT2D eigenvalue weighted by Crippen LogP contribution is -2.48. The summed E-state index contributed by atoms with van der Waals surface area (Å²) in [5.74, 6) is -0.0992. The van der Waals surface area contributed by atoms with Gasteiger partial charge in [-0.25, -0.2) is 4.79 Å². The van der Waals surface area contributed by atoms with Gasteiger partial charge in [-0.05, 0) is 38.5 Å². The van der Waals surface area contributed by atoms with Crippen molar-refractivity contribution in [1.82, 2.24) is 9.96 Å². The van der Waals surface area contributed by atoms with E-state index in [2.05, 4.69) is 17.0 Å². The van der Waals surface area contributed by atoms with Crippen LogP contribution in [0.4, 0.5) is 5.69 Å². The lowest BCUT2D eigenvalue weighted by molar-refractivity contribution is -0.201. The summed E-state index contributed by atoms with van der Waals surface area (Å²) >= 11 is 0. The zero-order valence-corrected chi connectivity index (χ0v) is 15.9. The SMILES string of the molecule is CN(C)C(=O)Cc1ccc(N2CCN(OC(=O)C(C)(C)C)CC2)cc1. The molecule has 0 radical (unpaired) electrons. The van der Waals surface area contributed by atoms with E-state index in [1.165, 1.54) is 0 Å². The second-order valence-corrected chi connectivity index (χ2v) is 7.68. The Labute approximate surface area is 150 Å². The van der Waals surface area contributed by atoms with Crippen LogP contribution in [-0.2, 0) is 20.8 Å². The highest BCUT2D eigenvalue weighted by molar-refractivity contribution is 5.78. The Morgan fingerprint density at radius 3 is 2.08 bits per heavy atom. The van der Waals surface area contributed by atoms with E-state index in [-0.39, 0.29) is 11.9 Å². The van der Waals surface area contributed by atoms with Crippen LogP contribution in [0.1, 0.15) is 26.3 Å². The van der Waals surface area contributed by atoms with Crippen LogP contribution < -0.4 is 4.90 Å². The normalized spacial score (nSPS) is 15.8. The predicted octanol–water partition coefficient (Wildman–Crippen LogP) is 1.94. The first kappa shape index (κ1) is 19.2. The summed E-state index contributed by atoms with van der Waals surface area (Å²) in [6, 6.07) is 8.11. The van der Waals surface area contributed by atoms with E-state index in [1.54, 1.807) is 24.1 Å². The lowest BCUT2D eigenvalue weighted by Gasteiger charge is -2.35. The fourth-order valence-electron chi connectivity index (χ4n) is 2.45. The molecule has 2 rings (SSSR count). The molecular formula is C19H29N3O3. The highest BCUT2D eigenvalue weighted by Gasteiger charge is 2.27. The summed E-state index contributed by atoms with van der Waals surface area (Å²) in [5.41, 5.74) is 1.65. The molecule has 0 bridgehead atoms. The van der Waals surface area contributed by atoms with Crippen LogP contribution in [0.25, 0.3) is 0 Å². The third kappa shape index (κ3) is 5.46. The van der Waals surface area contributed by atoms with Crippen molar-refractivity contribution in [3.8, 4) is 0 Å². The highest BCUT2D eigenvalue weighted by atomic mass is 16.7. The first-order valence-electron chi connectivity index (χ1n) is 8.68. The first-order chi connectivity index (χ1) is 11.7. The zero-order chi connectivity index (χ0) is 18.6. The van der Waals surface area contributed by atoms with Crippen molar-refractivity contribution in [3.05, 3.63) is 29.8 Å². The third-order valence-electron chi connectivity index (χ3n) is 4.22. The van der Waals surface area contributed by atoms with E-state index in [1.807, 2.05) is 32.9 Å². The van der Waals surface area contributed by atoms with E-state index < -0.39 is 5.41 Å². The Morgan fingerprint density at radius 2 is 1.60 bits per heavy atom. The number of likely N-dealkylation sites (N-methyl/N-ethyl adjacent to an activating group) is 1. The molecule has 0 atom stereocenters. The molecule has 1 fully saturated rings. The number of hydrogen-bond acceptors (Lipinski definition) is 5. The molecule has 0 saturated carbocycles. The number of hydrogen-bond donors (Lipinski definition) is 0. The molecule has 1 aromatic rings. The maximum absolute atomic E-state index is 11.9. The molecule has 1 aromatic carbocycles. The quantitative estimate of drug-likeness (QED) is 0.833. The van der Waals surface area contributed by atoms with Gasteiger partial charge in [0.25, 0.3) is 0 Å². The fourth-order valence-corrected chi connectivity index (χ4v) is 2.45. The molecule has 0 aromatic heterocycles. The third-order valence-corrected chi connectivity index (χ3v) is 4.22. The molecular weight excluding hydrogens is 318 g/mol. The van der Waals surface area contributed by atoms with Gasteiger partial charge >= 0.3 is 5.97 Å². The standard InChI is InChI=1S/C19H29N3O3/c1-19(2,3)18(24)25-22-12-10-21(11-13-22)16-8-6-15(7-9-16)14-17(23)20(4)5/h6-9H,10-14H2,1-5H3. The van der Waals surface area contributed by atoms with Crippen molar-refractivity contribution in [2.24, 2.45) is 5.41 Å². The molecule has 0 spiro atoms. The van der Waals surface area contributed by atoms with Crippen LogP contribution in [-0.4, -0.2) is 62.1 Å². The van der Waals surface area contributed by atoms with Crippen LogP contribution in [0, 0.1) is 5.41 Å². The van der Waals surface area contributed by atoms with Crippen LogP contribution in [0.5, 0.6) is 0 Å². The van der Waals surface area contributed by atoms with Gasteiger partial charge in [-0.3, -0.25) is 4.79 Å². The number of carbonyl (C=O) groups is 2. The van der Waals surface area contributed by atoms with Gasteiger partial charge < -0.3 is 14.6 Å². The van der Waals surface area contributed by atoms with E-state index in [4.69, 9.17) is 4.84 Å². The Kier molecular flexibility index (Phi) is 6.06. The van der Waals surface area contributed by atoms with Crippen molar-refractivity contribution < 1.29 is 14.4 Å². The van der Waals surface area contributed by atoms with Crippen molar-refractivity contribution >= 4 is 17.6 Å². The molecule has 1 heterocycles. The smallest absolute Gasteiger partial charge is 0.330 e. The van der Waals surface area contributed by atoms with Gasteiger partial charge in [0.15, 0.2) is 0 Å². The van der Waals surface area contributed by atoms with Gasteiger partial charge in [0.2, 0.25) is 5.91 Å². The molecule has 0 aliphatic carbocycles. The first-order valence-corrected chi connectivity index (χ1v) is 8.68. The molecule has 6 heteroatoms. The van der Waals surface area contributed by atoms with E-state index >= 15 is 0 Å². The largest absolute Gasteiger partial charge is 0.369 e. The summed E-state index contributed by atoms with van der Waals surface area (Å²) in [7, 11) is 3.53. The number of rotatable bonds is 4. The number of carbonyl (C=O) groups excluding carboxylic acids is 2. The predicted molar refractivity (Wildman–Crippen MR) is 98.2 cm³/mol. The zero-order valence-electron chi connectivity index (χ0n) is 15.9. The molecule has 0 N–H and O–H groups in total. The van der Waals surface area contributed by atoms with Crippen molar-refractivity contribution in [2.75, 3.05) is 45.2 Å². The topological polar surface area (TPSA) is 53.1 Å². The number of hydroxylamine groups is 2. The lowest BCUT2D eigenvalue weighted by atomic mass is 9.98. The van der Waals surface area contributed by atoms with Crippen molar-refractivity contribution in [2.45, 2.75) is 27.2 Å². The number of nitrogens with zero attached hydrogens (tertiary/aromatic N) is 3. The molecule has 0 unspecified atom stereocenters. The van der Waals surface area contributed by atoms with Crippen molar-refractivity contribution in [3.63, 3.8) is 0 Å². The second kappa shape index (κ2) is 7.87. The van der Waals surface area contributed by atoms with Crippen LogP contribution >= 0.6 is 0 Å². The van der Waals surface area contributed by atoms with E-state index in [0.717, 1.165) is 24.3 Å². The Balaban J connectivity index is 1.86. The number of piperazine rings is 1. The summed E-state index contributed by atoms with van der Waals surface area (Å²) in [5, 5.41) is 1.74.